The van der Waals surface area contributed by atoms with E-state index >= 15 is 0 Å². The van der Waals surface area contributed by atoms with Crippen LogP contribution in [0, 0.1) is 13.8 Å². The molecule has 0 saturated carbocycles. The second kappa shape index (κ2) is 5.72. The molecule has 3 aromatic rings. The number of carbonyl (C=O) groups excluding carboxylic acids is 1. The Hall–Kier alpha value is -2.89. The summed E-state index contributed by atoms with van der Waals surface area (Å²) in [5.41, 5.74) is 2.88. The highest BCUT2D eigenvalue weighted by atomic mass is 16.2. The summed E-state index contributed by atoms with van der Waals surface area (Å²) in [5.74, 6) is -0.255. The van der Waals surface area contributed by atoms with E-state index in [1.54, 1.807) is 13.0 Å². The summed E-state index contributed by atoms with van der Waals surface area (Å²) in [5, 5.41) is 3.34. The Morgan fingerprint density at radius 2 is 2.04 bits per heavy atom. The van der Waals surface area contributed by atoms with Crippen LogP contribution in [-0.2, 0) is 4.79 Å². The molecule has 0 radical (unpaired) electrons. The van der Waals surface area contributed by atoms with Gasteiger partial charge in [0.05, 0.1) is 5.39 Å². The summed E-state index contributed by atoms with van der Waals surface area (Å²) in [6.45, 7) is 5.46. The Balaban J connectivity index is 1.92. The maximum absolute atomic E-state index is 12.5. The number of benzene rings is 1. The van der Waals surface area contributed by atoms with Crippen LogP contribution < -0.4 is 10.9 Å². The second-order valence-electron chi connectivity index (χ2n) is 5.65. The highest BCUT2D eigenvalue weighted by molar-refractivity contribution is 5.94. The third-order valence-corrected chi connectivity index (χ3v) is 3.91. The van der Waals surface area contributed by atoms with Crippen molar-refractivity contribution < 1.29 is 4.79 Å². The zero-order valence-corrected chi connectivity index (χ0v) is 13.3. The van der Waals surface area contributed by atoms with Gasteiger partial charge < -0.3 is 10.3 Å². The highest BCUT2D eigenvalue weighted by Gasteiger charge is 2.18. The lowest BCUT2D eigenvalue weighted by atomic mass is 10.2. The minimum absolute atomic E-state index is 0.230. The average Bonchev–Trinajstić information content (AvgIpc) is 2.91. The van der Waals surface area contributed by atoms with E-state index in [1.165, 1.54) is 10.9 Å². The first kappa shape index (κ1) is 15.0. The van der Waals surface area contributed by atoms with Gasteiger partial charge in [-0.25, -0.2) is 4.98 Å². The molecule has 0 aliphatic heterocycles. The van der Waals surface area contributed by atoms with E-state index in [2.05, 4.69) is 15.3 Å². The highest BCUT2D eigenvalue weighted by Crippen LogP contribution is 2.16. The number of rotatable bonds is 3. The summed E-state index contributed by atoms with van der Waals surface area (Å²) in [6, 6.07) is 8.60. The van der Waals surface area contributed by atoms with Crippen LogP contribution in [0.5, 0.6) is 0 Å². The number of anilines is 1. The summed E-state index contributed by atoms with van der Waals surface area (Å²) in [7, 11) is 0. The van der Waals surface area contributed by atoms with Crippen LogP contribution in [-0.4, -0.2) is 20.4 Å². The minimum atomic E-state index is -0.658. The number of amides is 1. The molecule has 0 aliphatic rings. The SMILES string of the molecule is Cc1cc2c(=O)n(C(C)C(=O)Nc3ccccc3C)cnc2[nH]1. The molecule has 118 valence electrons. The first-order chi connectivity index (χ1) is 11.0. The van der Waals surface area contributed by atoms with Crippen molar-refractivity contribution in [1.82, 2.24) is 14.5 Å². The van der Waals surface area contributed by atoms with Crippen LogP contribution >= 0.6 is 0 Å². The molecule has 6 nitrogen and oxygen atoms in total. The van der Waals surface area contributed by atoms with Gasteiger partial charge in [0.2, 0.25) is 5.91 Å². The number of H-pyrrole nitrogens is 1. The number of nitrogens with one attached hydrogen (secondary N) is 2. The van der Waals surface area contributed by atoms with Gasteiger partial charge in [-0.2, -0.15) is 0 Å². The predicted molar refractivity (Wildman–Crippen MR) is 89.6 cm³/mol. The molecule has 0 bridgehead atoms. The van der Waals surface area contributed by atoms with Crippen LogP contribution in [0.4, 0.5) is 5.69 Å². The van der Waals surface area contributed by atoms with Crippen molar-refractivity contribution in [3.63, 3.8) is 0 Å². The van der Waals surface area contributed by atoms with E-state index in [4.69, 9.17) is 0 Å². The molecule has 0 aliphatic carbocycles. The van der Waals surface area contributed by atoms with Crippen LogP contribution in [0.2, 0.25) is 0 Å². The van der Waals surface area contributed by atoms with Crippen molar-refractivity contribution in [3.8, 4) is 0 Å². The van der Waals surface area contributed by atoms with E-state index in [9.17, 15) is 9.59 Å². The zero-order valence-electron chi connectivity index (χ0n) is 13.3. The van der Waals surface area contributed by atoms with Crippen LogP contribution in [0.1, 0.15) is 24.2 Å². The lowest BCUT2D eigenvalue weighted by Crippen LogP contribution is -2.31. The molecule has 2 N–H and O–H groups in total. The first-order valence-corrected chi connectivity index (χ1v) is 7.40. The Bertz CT molecular complexity index is 939. The summed E-state index contributed by atoms with van der Waals surface area (Å²) >= 11 is 0. The quantitative estimate of drug-likeness (QED) is 0.780. The molecule has 1 atom stereocenters. The molecular weight excluding hydrogens is 292 g/mol. The molecule has 1 amide bonds. The maximum atomic E-state index is 12.5. The number of para-hydroxylation sites is 1. The summed E-state index contributed by atoms with van der Waals surface area (Å²) in [6.07, 6.45) is 1.41. The fraction of sp³-hybridized carbons (Fsp3) is 0.235. The van der Waals surface area contributed by atoms with Gasteiger partial charge in [-0.05, 0) is 38.5 Å². The molecule has 3 rings (SSSR count). The molecule has 2 heterocycles. The number of aromatic nitrogens is 3. The number of carbonyl (C=O) groups is 1. The number of aryl methyl sites for hydroxylation is 2. The third kappa shape index (κ3) is 2.75. The van der Waals surface area contributed by atoms with E-state index in [0.29, 0.717) is 11.0 Å². The lowest BCUT2D eigenvalue weighted by Gasteiger charge is -2.15. The topological polar surface area (TPSA) is 79.8 Å². The van der Waals surface area contributed by atoms with Gasteiger partial charge >= 0.3 is 0 Å². The molecule has 0 saturated heterocycles. The van der Waals surface area contributed by atoms with Crippen molar-refractivity contribution in [2.75, 3.05) is 5.32 Å². The number of nitrogens with zero attached hydrogens (tertiary/aromatic N) is 2. The van der Waals surface area contributed by atoms with Crippen LogP contribution in [0.25, 0.3) is 11.0 Å². The normalized spacial score (nSPS) is 12.3. The number of hydrogen-bond donors (Lipinski definition) is 2. The van der Waals surface area contributed by atoms with E-state index in [0.717, 1.165) is 16.9 Å². The van der Waals surface area contributed by atoms with Crippen molar-refractivity contribution in [1.29, 1.82) is 0 Å². The largest absolute Gasteiger partial charge is 0.343 e. The van der Waals surface area contributed by atoms with Gasteiger partial charge in [-0.15, -0.1) is 0 Å². The molecule has 0 fully saturated rings. The van der Waals surface area contributed by atoms with Gasteiger partial charge in [0.25, 0.3) is 5.56 Å². The molecular formula is C17H18N4O2. The Morgan fingerprint density at radius 3 is 2.78 bits per heavy atom. The van der Waals surface area contributed by atoms with Crippen LogP contribution in [0.3, 0.4) is 0 Å². The standard InChI is InChI=1S/C17H18N4O2/c1-10-6-4-5-7-14(10)20-16(22)12(3)21-9-18-15-13(17(21)23)8-11(2)19-15/h4-9,12,19H,1-3H3,(H,20,22). The monoisotopic (exact) mass is 310 g/mol. The van der Waals surface area contributed by atoms with Crippen molar-refractivity contribution >= 4 is 22.6 Å². The Morgan fingerprint density at radius 1 is 1.30 bits per heavy atom. The lowest BCUT2D eigenvalue weighted by molar-refractivity contribution is -0.118. The fourth-order valence-corrected chi connectivity index (χ4v) is 2.50. The van der Waals surface area contributed by atoms with Gasteiger partial charge in [0.1, 0.15) is 18.0 Å². The van der Waals surface area contributed by atoms with E-state index < -0.39 is 6.04 Å². The predicted octanol–water partition coefficient (Wildman–Crippen LogP) is 2.54. The number of hydrogen-bond acceptors (Lipinski definition) is 3. The van der Waals surface area contributed by atoms with Crippen molar-refractivity contribution in [3.05, 3.63) is 58.3 Å². The average molecular weight is 310 g/mol. The smallest absolute Gasteiger partial charge is 0.263 e. The second-order valence-corrected chi connectivity index (χ2v) is 5.65. The number of fused-ring (bicyclic) bond motifs is 1. The van der Waals surface area contributed by atoms with Crippen LogP contribution in [0.15, 0.2) is 41.5 Å². The van der Waals surface area contributed by atoms with Gasteiger partial charge in [0, 0.05) is 11.4 Å². The van der Waals surface area contributed by atoms with Gasteiger partial charge in [0.15, 0.2) is 0 Å². The Kier molecular flexibility index (Phi) is 3.73. The fourth-order valence-electron chi connectivity index (χ4n) is 2.50. The molecule has 0 spiro atoms. The first-order valence-electron chi connectivity index (χ1n) is 7.40. The van der Waals surface area contributed by atoms with Crippen molar-refractivity contribution in [2.24, 2.45) is 0 Å². The van der Waals surface area contributed by atoms with Crippen molar-refractivity contribution in [2.45, 2.75) is 26.8 Å². The molecule has 2 aromatic heterocycles. The molecule has 1 unspecified atom stereocenters. The molecule has 6 heteroatoms. The molecule has 23 heavy (non-hydrogen) atoms. The maximum Gasteiger partial charge on any atom is 0.263 e. The molecule has 1 aromatic carbocycles. The van der Waals surface area contributed by atoms with E-state index in [1.807, 2.05) is 38.1 Å². The number of aromatic amines is 1. The third-order valence-electron chi connectivity index (χ3n) is 3.91. The van der Waals surface area contributed by atoms with Gasteiger partial charge in [-0.3, -0.25) is 14.2 Å². The summed E-state index contributed by atoms with van der Waals surface area (Å²) < 4.78 is 1.35. The Labute approximate surface area is 133 Å². The van der Waals surface area contributed by atoms with E-state index in [-0.39, 0.29) is 11.5 Å². The zero-order chi connectivity index (χ0) is 16.6. The van der Waals surface area contributed by atoms with Gasteiger partial charge in [-0.1, -0.05) is 18.2 Å². The summed E-state index contributed by atoms with van der Waals surface area (Å²) in [4.78, 5) is 32.2. The minimum Gasteiger partial charge on any atom is -0.343 e.